The monoisotopic (exact) mass is 285 g/mol. The van der Waals surface area contributed by atoms with Crippen molar-refractivity contribution >= 4 is 16.7 Å². The number of hydrogen-bond acceptors (Lipinski definition) is 5. The molecule has 3 rings (SSSR count). The summed E-state index contributed by atoms with van der Waals surface area (Å²) in [6.07, 6.45) is 3.12. The molecule has 0 unspecified atom stereocenters. The zero-order valence-corrected chi connectivity index (χ0v) is 11.2. The fourth-order valence-electron chi connectivity index (χ4n) is 1.90. The van der Waals surface area contributed by atoms with Gasteiger partial charge in [0.2, 0.25) is 0 Å². The lowest BCUT2D eigenvalue weighted by molar-refractivity contribution is 0.413. The highest BCUT2D eigenvalue weighted by molar-refractivity contribution is 5.81. The number of nitrogens with zero attached hydrogens (tertiary/aromatic N) is 2. The summed E-state index contributed by atoms with van der Waals surface area (Å²) in [6, 6.07) is 7.60. The third-order valence-corrected chi connectivity index (χ3v) is 2.93. The predicted molar refractivity (Wildman–Crippen MR) is 77.0 cm³/mol. The second-order valence-corrected chi connectivity index (χ2v) is 4.34. The van der Waals surface area contributed by atoms with E-state index in [1.165, 1.54) is 12.1 Å². The minimum Gasteiger partial charge on any atom is -0.495 e. The van der Waals surface area contributed by atoms with E-state index in [9.17, 15) is 4.39 Å². The second kappa shape index (κ2) is 5.24. The number of halogens is 1. The second-order valence-electron chi connectivity index (χ2n) is 4.34. The number of ether oxygens (including phenoxy) is 2. The summed E-state index contributed by atoms with van der Waals surface area (Å²) in [5.41, 5.74) is 6.97. The van der Waals surface area contributed by atoms with Gasteiger partial charge in [-0.1, -0.05) is 0 Å². The summed E-state index contributed by atoms with van der Waals surface area (Å²) < 4.78 is 24.5. The van der Waals surface area contributed by atoms with Crippen LogP contribution in [0.1, 0.15) is 0 Å². The smallest absolute Gasteiger partial charge is 0.167 e. The number of nitrogens with two attached hydrogens (primary N) is 1. The number of benzene rings is 1. The third kappa shape index (κ3) is 2.55. The molecule has 2 heterocycles. The Bertz CT molecular complexity index is 808. The predicted octanol–water partition coefficient (Wildman–Crippen LogP) is 3.15. The molecule has 21 heavy (non-hydrogen) atoms. The first-order valence-corrected chi connectivity index (χ1v) is 6.19. The number of methoxy groups -OCH3 is 1. The first-order chi connectivity index (χ1) is 10.2. The van der Waals surface area contributed by atoms with Crippen LogP contribution in [0.4, 0.5) is 10.1 Å². The molecule has 0 amide bonds. The largest absolute Gasteiger partial charge is 0.495 e. The van der Waals surface area contributed by atoms with Crippen molar-refractivity contribution in [2.75, 3.05) is 12.8 Å². The van der Waals surface area contributed by atoms with Crippen molar-refractivity contribution in [1.29, 1.82) is 0 Å². The van der Waals surface area contributed by atoms with Crippen LogP contribution in [0.5, 0.6) is 17.2 Å². The van der Waals surface area contributed by atoms with Gasteiger partial charge >= 0.3 is 0 Å². The lowest BCUT2D eigenvalue weighted by Crippen LogP contribution is -1.94. The molecule has 0 radical (unpaired) electrons. The van der Waals surface area contributed by atoms with E-state index in [0.717, 1.165) is 0 Å². The molecule has 0 aliphatic rings. The Balaban J connectivity index is 2.04. The molecule has 1 aromatic carbocycles. The average molecular weight is 285 g/mol. The SMILES string of the molecule is COc1cnc2c(Oc3ccc(N)cc3F)ccnc2c1. The maximum Gasteiger partial charge on any atom is 0.167 e. The quantitative estimate of drug-likeness (QED) is 0.748. The summed E-state index contributed by atoms with van der Waals surface area (Å²) in [4.78, 5) is 8.43. The van der Waals surface area contributed by atoms with Gasteiger partial charge in [0.25, 0.3) is 0 Å². The van der Waals surface area contributed by atoms with Crippen LogP contribution in [0.25, 0.3) is 11.0 Å². The van der Waals surface area contributed by atoms with Crippen molar-refractivity contribution in [3.63, 3.8) is 0 Å². The zero-order valence-electron chi connectivity index (χ0n) is 11.2. The van der Waals surface area contributed by atoms with Gasteiger partial charge in [-0.2, -0.15) is 0 Å². The fourth-order valence-corrected chi connectivity index (χ4v) is 1.90. The molecule has 0 fully saturated rings. The van der Waals surface area contributed by atoms with E-state index in [-0.39, 0.29) is 5.75 Å². The fraction of sp³-hybridized carbons (Fsp3) is 0.0667. The van der Waals surface area contributed by atoms with Crippen LogP contribution in [-0.2, 0) is 0 Å². The highest BCUT2D eigenvalue weighted by atomic mass is 19.1. The minimum absolute atomic E-state index is 0.0781. The van der Waals surface area contributed by atoms with Crippen molar-refractivity contribution < 1.29 is 13.9 Å². The van der Waals surface area contributed by atoms with Gasteiger partial charge in [-0.3, -0.25) is 4.98 Å². The van der Waals surface area contributed by atoms with E-state index in [1.54, 1.807) is 37.7 Å². The molecule has 6 heteroatoms. The van der Waals surface area contributed by atoms with Gasteiger partial charge in [-0.05, 0) is 12.1 Å². The Morgan fingerprint density at radius 1 is 1.10 bits per heavy atom. The number of anilines is 1. The van der Waals surface area contributed by atoms with Gasteiger partial charge in [-0.15, -0.1) is 0 Å². The van der Waals surface area contributed by atoms with E-state index in [4.69, 9.17) is 15.2 Å². The van der Waals surface area contributed by atoms with E-state index in [1.807, 2.05) is 0 Å². The van der Waals surface area contributed by atoms with Gasteiger partial charge < -0.3 is 15.2 Å². The summed E-state index contributed by atoms with van der Waals surface area (Å²) >= 11 is 0. The molecule has 0 aliphatic carbocycles. The maximum atomic E-state index is 13.8. The van der Waals surface area contributed by atoms with Crippen LogP contribution in [0.15, 0.2) is 42.7 Å². The molecular weight excluding hydrogens is 273 g/mol. The summed E-state index contributed by atoms with van der Waals surface area (Å²) in [6.45, 7) is 0. The molecule has 2 N–H and O–H groups in total. The molecule has 0 atom stereocenters. The summed E-state index contributed by atoms with van der Waals surface area (Å²) in [5.74, 6) is 0.542. The van der Waals surface area contributed by atoms with E-state index in [0.29, 0.717) is 28.2 Å². The van der Waals surface area contributed by atoms with E-state index < -0.39 is 5.82 Å². The molecule has 0 aliphatic heterocycles. The molecule has 0 spiro atoms. The highest BCUT2D eigenvalue weighted by Crippen LogP contribution is 2.30. The molecule has 0 bridgehead atoms. The molecule has 106 valence electrons. The summed E-state index contributed by atoms with van der Waals surface area (Å²) in [7, 11) is 1.55. The molecule has 0 saturated carbocycles. The molecule has 2 aromatic heterocycles. The van der Waals surface area contributed by atoms with Crippen molar-refractivity contribution in [2.24, 2.45) is 0 Å². The number of rotatable bonds is 3. The van der Waals surface area contributed by atoms with Crippen LogP contribution >= 0.6 is 0 Å². The van der Waals surface area contributed by atoms with Gasteiger partial charge in [0.15, 0.2) is 17.3 Å². The highest BCUT2D eigenvalue weighted by Gasteiger charge is 2.10. The van der Waals surface area contributed by atoms with Crippen molar-refractivity contribution in [1.82, 2.24) is 9.97 Å². The van der Waals surface area contributed by atoms with Crippen LogP contribution < -0.4 is 15.2 Å². The molecule has 3 aromatic rings. The Kier molecular flexibility index (Phi) is 3.27. The molecule has 0 saturated heterocycles. The minimum atomic E-state index is -0.534. The Labute approximate surface area is 120 Å². The van der Waals surface area contributed by atoms with Crippen molar-refractivity contribution in [2.45, 2.75) is 0 Å². The lowest BCUT2D eigenvalue weighted by atomic mass is 10.2. The van der Waals surface area contributed by atoms with Gasteiger partial charge in [0, 0.05) is 30.1 Å². The van der Waals surface area contributed by atoms with Gasteiger partial charge in [0.05, 0.1) is 18.8 Å². The standard InChI is InChI=1S/C15H12FN3O2/c1-20-10-7-12-15(19-8-10)14(4-5-18-12)21-13-3-2-9(17)6-11(13)16/h2-8H,17H2,1H3. The summed E-state index contributed by atoms with van der Waals surface area (Å²) in [5, 5.41) is 0. The average Bonchev–Trinajstić information content (AvgIpc) is 2.49. The number of aromatic nitrogens is 2. The van der Waals surface area contributed by atoms with E-state index >= 15 is 0 Å². The Morgan fingerprint density at radius 2 is 1.95 bits per heavy atom. The molecule has 5 nitrogen and oxygen atoms in total. The first-order valence-electron chi connectivity index (χ1n) is 6.19. The lowest BCUT2D eigenvalue weighted by Gasteiger charge is -2.09. The number of hydrogen-bond donors (Lipinski definition) is 1. The first kappa shape index (κ1) is 13.1. The van der Waals surface area contributed by atoms with E-state index in [2.05, 4.69) is 9.97 Å². The van der Waals surface area contributed by atoms with Crippen molar-refractivity contribution in [3.05, 3.63) is 48.5 Å². The number of pyridine rings is 2. The van der Waals surface area contributed by atoms with Gasteiger partial charge in [0.1, 0.15) is 11.3 Å². The van der Waals surface area contributed by atoms with Crippen LogP contribution in [0.3, 0.4) is 0 Å². The molecular formula is C15H12FN3O2. The topological polar surface area (TPSA) is 70.3 Å². The normalized spacial score (nSPS) is 10.6. The number of fused-ring (bicyclic) bond motifs is 1. The van der Waals surface area contributed by atoms with Gasteiger partial charge in [-0.25, -0.2) is 9.37 Å². The number of nitrogen functional groups attached to an aromatic ring is 1. The Hall–Kier alpha value is -2.89. The Morgan fingerprint density at radius 3 is 2.71 bits per heavy atom. The maximum absolute atomic E-state index is 13.8. The zero-order chi connectivity index (χ0) is 14.8. The van der Waals surface area contributed by atoms with Crippen LogP contribution in [0.2, 0.25) is 0 Å². The third-order valence-electron chi connectivity index (χ3n) is 2.93. The van der Waals surface area contributed by atoms with Crippen LogP contribution in [-0.4, -0.2) is 17.1 Å². The van der Waals surface area contributed by atoms with Crippen molar-refractivity contribution in [3.8, 4) is 17.2 Å². The van der Waals surface area contributed by atoms with Crippen LogP contribution in [0, 0.1) is 5.82 Å².